The first-order valence-corrected chi connectivity index (χ1v) is 11.8. The van der Waals surface area contributed by atoms with Crippen molar-refractivity contribution in [3.05, 3.63) is 69.5 Å². The maximum atomic E-state index is 13.6. The summed E-state index contributed by atoms with van der Waals surface area (Å²) in [6.45, 7) is 4.70. The maximum Gasteiger partial charge on any atom is 0.329 e. The number of aliphatic carboxylic acids is 1. The highest BCUT2D eigenvalue weighted by Gasteiger charge is 2.23. The van der Waals surface area contributed by atoms with Crippen molar-refractivity contribution in [2.45, 2.75) is 58.5 Å². The Morgan fingerprint density at radius 1 is 1.10 bits per heavy atom. The molecule has 31 heavy (non-hydrogen) atoms. The third-order valence-corrected chi connectivity index (χ3v) is 6.99. The molecule has 0 bridgehead atoms. The largest absolute Gasteiger partial charge is 0.481 e. The molecule has 6 heteroatoms. The SMILES string of the molecule is CCCCCC(CC(=O)O)n1c(=O)n(Cc2csc3cccc(C)c23)c2ccccc21. The van der Waals surface area contributed by atoms with Gasteiger partial charge in [-0.15, -0.1) is 11.3 Å². The predicted octanol–water partition coefficient (Wildman–Crippen LogP) is 5.97. The van der Waals surface area contributed by atoms with Crippen LogP contribution in [0.15, 0.2) is 52.6 Å². The van der Waals surface area contributed by atoms with Crippen LogP contribution in [-0.4, -0.2) is 20.2 Å². The van der Waals surface area contributed by atoms with E-state index >= 15 is 0 Å². The summed E-state index contributed by atoms with van der Waals surface area (Å²) < 4.78 is 4.74. The quantitative estimate of drug-likeness (QED) is 0.329. The number of carbonyl (C=O) groups is 1. The van der Waals surface area contributed by atoms with Crippen molar-refractivity contribution >= 4 is 38.4 Å². The second-order valence-corrected chi connectivity index (χ2v) is 9.10. The number of hydrogen-bond acceptors (Lipinski definition) is 3. The Kier molecular flexibility index (Phi) is 6.28. The van der Waals surface area contributed by atoms with Crippen LogP contribution < -0.4 is 5.69 Å². The number of rotatable bonds is 9. The van der Waals surface area contributed by atoms with Crippen LogP contribution in [-0.2, 0) is 11.3 Å². The molecule has 4 rings (SSSR count). The third-order valence-electron chi connectivity index (χ3n) is 6.00. The highest BCUT2D eigenvalue weighted by Crippen LogP contribution is 2.30. The first kappa shape index (κ1) is 21.4. The Hall–Kier alpha value is -2.86. The topological polar surface area (TPSA) is 64.2 Å². The number of aromatic nitrogens is 2. The van der Waals surface area contributed by atoms with Gasteiger partial charge in [-0.2, -0.15) is 0 Å². The Morgan fingerprint density at radius 3 is 2.61 bits per heavy atom. The van der Waals surface area contributed by atoms with E-state index in [1.54, 1.807) is 20.5 Å². The third kappa shape index (κ3) is 4.17. The number of para-hydroxylation sites is 2. The lowest BCUT2D eigenvalue weighted by atomic mass is 10.0. The van der Waals surface area contributed by atoms with Crippen molar-refractivity contribution < 1.29 is 9.90 Å². The van der Waals surface area contributed by atoms with E-state index in [2.05, 4.69) is 37.4 Å². The summed E-state index contributed by atoms with van der Waals surface area (Å²) in [4.78, 5) is 25.2. The number of aryl methyl sites for hydroxylation is 1. The number of imidazole rings is 1. The minimum absolute atomic E-state index is 0.0435. The zero-order valence-electron chi connectivity index (χ0n) is 18.0. The van der Waals surface area contributed by atoms with Crippen LogP contribution in [0.1, 0.15) is 56.2 Å². The Balaban J connectivity index is 1.82. The van der Waals surface area contributed by atoms with Crippen LogP contribution in [0, 0.1) is 6.92 Å². The number of carboxylic acid groups (broad SMARTS) is 1. The molecule has 0 amide bonds. The molecular weight excluding hydrogens is 408 g/mol. The summed E-state index contributed by atoms with van der Waals surface area (Å²) >= 11 is 1.69. The van der Waals surface area contributed by atoms with Crippen molar-refractivity contribution in [2.24, 2.45) is 0 Å². The van der Waals surface area contributed by atoms with E-state index in [-0.39, 0.29) is 18.2 Å². The summed E-state index contributed by atoms with van der Waals surface area (Å²) in [5, 5.41) is 12.8. The van der Waals surface area contributed by atoms with Crippen molar-refractivity contribution in [1.82, 2.24) is 9.13 Å². The fourth-order valence-corrected chi connectivity index (χ4v) is 5.55. The molecule has 0 fully saturated rings. The molecular formula is C25H28N2O3S. The van der Waals surface area contributed by atoms with Crippen LogP contribution in [0.2, 0.25) is 0 Å². The van der Waals surface area contributed by atoms with E-state index in [0.29, 0.717) is 13.0 Å². The minimum atomic E-state index is -0.871. The second-order valence-electron chi connectivity index (χ2n) is 8.18. The van der Waals surface area contributed by atoms with E-state index in [4.69, 9.17) is 0 Å². The van der Waals surface area contributed by atoms with Gasteiger partial charge in [-0.25, -0.2) is 4.79 Å². The van der Waals surface area contributed by atoms with Gasteiger partial charge in [0.2, 0.25) is 0 Å². The van der Waals surface area contributed by atoms with Gasteiger partial charge in [0.25, 0.3) is 0 Å². The van der Waals surface area contributed by atoms with Gasteiger partial charge < -0.3 is 5.11 Å². The van der Waals surface area contributed by atoms with E-state index in [1.807, 2.05) is 24.3 Å². The number of fused-ring (bicyclic) bond motifs is 2. The van der Waals surface area contributed by atoms with Gasteiger partial charge in [0.1, 0.15) is 0 Å². The highest BCUT2D eigenvalue weighted by atomic mass is 32.1. The molecule has 1 N–H and O–H groups in total. The molecule has 4 aromatic rings. The van der Waals surface area contributed by atoms with E-state index in [0.717, 1.165) is 35.9 Å². The number of unbranched alkanes of at least 4 members (excludes halogenated alkanes) is 2. The molecule has 0 spiro atoms. The van der Waals surface area contributed by atoms with Gasteiger partial charge in [-0.3, -0.25) is 13.9 Å². The molecule has 2 aromatic heterocycles. The highest BCUT2D eigenvalue weighted by molar-refractivity contribution is 7.17. The lowest BCUT2D eigenvalue weighted by Gasteiger charge is -2.16. The lowest BCUT2D eigenvalue weighted by molar-refractivity contribution is -0.137. The van der Waals surface area contributed by atoms with Crippen LogP contribution in [0.3, 0.4) is 0 Å². The van der Waals surface area contributed by atoms with E-state index < -0.39 is 5.97 Å². The lowest BCUT2D eigenvalue weighted by Crippen LogP contribution is -2.29. The van der Waals surface area contributed by atoms with Crippen molar-refractivity contribution in [1.29, 1.82) is 0 Å². The fraction of sp³-hybridized carbons (Fsp3) is 0.360. The average molecular weight is 437 g/mol. The molecule has 0 aliphatic carbocycles. The van der Waals surface area contributed by atoms with Gasteiger partial charge in [0, 0.05) is 16.1 Å². The molecule has 0 aliphatic heterocycles. The van der Waals surface area contributed by atoms with Gasteiger partial charge >= 0.3 is 11.7 Å². The van der Waals surface area contributed by atoms with Crippen molar-refractivity contribution in [3.8, 4) is 0 Å². The number of hydrogen-bond donors (Lipinski definition) is 1. The molecule has 2 aromatic carbocycles. The molecule has 0 saturated heterocycles. The van der Waals surface area contributed by atoms with Gasteiger partial charge in [0.15, 0.2) is 0 Å². The monoisotopic (exact) mass is 436 g/mol. The first-order chi connectivity index (χ1) is 15.0. The number of thiophene rings is 1. The van der Waals surface area contributed by atoms with Crippen molar-refractivity contribution in [3.63, 3.8) is 0 Å². The molecule has 0 saturated carbocycles. The first-order valence-electron chi connectivity index (χ1n) is 10.9. The molecule has 0 radical (unpaired) electrons. The summed E-state index contributed by atoms with van der Waals surface area (Å²) in [5.41, 5.74) is 3.87. The Morgan fingerprint density at radius 2 is 1.87 bits per heavy atom. The average Bonchev–Trinajstić information content (AvgIpc) is 3.28. The molecule has 1 atom stereocenters. The standard InChI is InChI=1S/C25H28N2O3S/c1-3-4-5-10-19(14-23(28)29)27-21-12-7-6-11-20(21)26(25(27)30)15-18-16-31-22-13-8-9-17(2)24(18)22/h6-9,11-13,16,19H,3-5,10,14-15H2,1-2H3,(H,28,29). The van der Waals surface area contributed by atoms with Crippen LogP contribution in [0.4, 0.5) is 0 Å². The number of benzene rings is 2. The maximum absolute atomic E-state index is 13.6. The second kappa shape index (κ2) is 9.10. The summed E-state index contributed by atoms with van der Waals surface area (Å²) in [6.07, 6.45) is 3.64. The minimum Gasteiger partial charge on any atom is -0.481 e. The molecule has 0 aliphatic rings. The molecule has 2 heterocycles. The van der Waals surface area contributed by atoms with E-state index in [1.165, 1.54) is 15.6 Å². The Labute approximate surface area is 185 Å². The Bertz CT molecular complexity index is 1280. The zero-order valence-corrected chi connectivity index (χ0v) is 18.8. The summed E-state index contributed by atoms with van der Waals surface area (Å²) in [5.74, 6) is -0.871. The van der Waals surface area contributed by atoms with Gasteiger partial charge in [-0.05, 0) is 48.1 Å². The van der Waals surface area contributed by atoms with Crippen LogP contribution in [0.5, 0.6) is 0 Å². The predicted molar refractivity (Wildman–Crippen MR) is 127 cm³/mol. The fourth-order valence-electron chi connectivity index (χ4n) is 4.52. The van der Waals surface area contributed by atoms with Gasteiger partial charge in [0.05, 0.1) is 24.0 Å². The smallest absolute Gasteiger partial charge is 0.329 e. The summed E-state index contributed by atoms with van der Waals surface area (Å²) in [7, 11) is 0. The molecule has 5 nitrogen and oxygen atoms in total. The van der Waals surface area contributed by atoms with E-state index in [9.17, 15) is 14.7 Å². The molecule has 162 valence electrons. The molecule has 1 unspecified atom stereocenters. The van der Waals surface area contributed by atoms with Crippen molar-refractivity contribution in [2.75, 3.05) is 0 Å². The normalized spacial score (nSPS) is 12.6. The zero-order chi connectivity index (χ0) is 22.0. The number of nitrogens with zero attached hydrogens (tertiary/aromatic N) is 2. The van der Waals surface area contributed by atoms with Crippen LogP contribution >= 0.6 is 11.3 Å². The summed E-state index contributed by atoms with van der Waals surface area (Å²) in [6, 6.07) is 13.7. The van der Waals surface area contributed by atoms with Gasteiger partial charge in [-0.1, -0.05) is 50.5 Å². The number of carboxylic acids is 1. The van der Waals surface area contributed by atoms with Crippen LogP contribution in [0.25, 0.3) is 21.1 Å².